The molecule has 0 saturated heterocycles. The molecule has 2 heterocycles. The molecule has 4 rings (SSSR count). The maximum Gasteiger partial charge on any atom is 0.216 e. The van der Waals surface area contributed by atoms with Crippen LogP contribution < -0.4 is 9.30 Å². The molecule has 3 aromatic rings. The topological polar surface area (TPSA) is 73.8 Å². The Kier molecular flexibility index (Phi) is 6.73. The zero-order valence-electron chi connectivity index (χ0n) is 19.2. The summed E-state index contributed by atoms with van der Waals surface area (Å²) in [6.07, 6.45) is 12.3. The number of methoxy groups -OCH3 is 1. The van der Waals surface area contributed by atoms with Crippen LogP contribution in [0.25, 0.3) is 22.0 Å². The number of ether oxygens (including phenoxy) is 1. The van der Waals surface area contributed by atoms with Crippen LogP contribution in [-0.2, 0) is 19.4 Å². The van der Waals surface area contributed by atoms with E-state index in [0.29, 0.717) is 5.75 Å². The minimum Gasteiger partial charge on any atom is -0.504 e. The molecule has 1 aromatic heterocycles. The van der Waals surface area contributed by atoms with Gasteiger partial charge in [-0.3, -0.25) is 0 Å². The first-order chi connectivity index (χ1) is 15.5. The van der Waals surface area contributed by atoms with Gasteiger partial charge in [0.1, 0.15) is 0 Å². The Morgan fingerprint density at radius 1 is 0.906 bits per heavy atom. The van der Waals surface area contributed by atoms with E-state index in [0.717, 1.165) is 53.4 Å². The largest absolute Gasteiger partial charge is 0.504 e. The van der Waals surface area contributed by atoms with Crippen molar-refractivity contribution in [2.24, 2.45) is 0 Å². The molecule has 5 nitrogen and oxygen atoms in total. The van der Waals surface area contributed by atoms with Gasteiger partial charge in [-0.2, -0.15) is 4.57 Å². The van der Waals surface area contributed by atoms with Gasteiger partial charge in [0.2, 0.25) is 5.69 Å². The van der Waals surface area contributed by atoms with E-state index in [1.54, 1.807) is 19.2 Å². The molecule has 2 aromatic carbocycles. The SMILES string of the molecule is CCCCCCCCCc1c2[n+](cc3c(O)c(OC)ccc13)CCc1cc(O)c(O)cc1-2. The Morgan fingerprint density at radius 2 is 1.62 bits per heavy atom. The number of nitrogens with zero attached hydrogens (tertiary/aromatic N) is 1. The lowest BCUT2D eigenvalue weighted by Gasteiger charge is -2.20. The fourth-order valence-electron chi connectivity index (χ4n) is 4.96. The number of hydrogen-bond acceptors (Lipinski definition) is 4. The molecular weight excluding hydrogens is 402 g/mol. The van der Waals surface area contributed by atoms with Crippen molar-refractivity contribution >= 4 is 10.8 Å². The average Bonchev–Trinajstić information content (AvgIpc) is 2.79. The van der Waals surface area contributed by atoms with Crippen molar-refractivity contribution < 1.29 is 24.6 Å². The fourth-order valence-corrected chi connectivity index (χ4v) is 4.96. The van der Waals surface area contributed by atoms with Crippen LogP contribution >= 0.6 is 0 Å². The van der Waals surface area contributed by atoms with Gasteiger partial charge in [0.15, 0.2) is 35.7 Å². The molecule has 1 aliphatic rings. The summed E-state index contributed by atoms with van der Waals surface area (Å²) in [5.74, 6) is 0.463. The van der Waals surface area contributed by atoms with Crippen molar-refractivity contribution in [2.75, 3.05) is 7.11 Å². The number of pyridine rings is 1. The summed E-state index contributed by atoms with van der Waals surface area (Å²) in [5, 5.41) is 32.9. The number of rotatable bonds is 9. The number of phenolic OH excluding ortho intramolecular Hbond substituents is 3. The lowest BCUT2D eigenvalue weighted by molar-refractivity contribution is -0.686. The highest BCUT2D eigenvalue weighted by molar-refractivity contribution is 5.94. The van der Waals surface area contributed by atoms with E-state index < -0.39 is 0 Å². The number of aromatic hydroxyl groups is 3. The number of fused-ring (bicyclic) bond motifs is 4. The van der Waals surface area contributed by atoms with E-state index in [9.17, 15) is 15.3 Å². The summed E-state index contributed by atoms with van der Waals surface area (Å²) in [7, 11) is 1.57. The molecule has 32 heavy (non-hydrogen) atoms. The molecule has 0 fully saturated rings. The van der Waals surface area contributed by atoms with Gasteiger partial charge in [-0.1, -0.05) is 45.4 Å². The minimum absolute atomic E-state index is 0.0750. The van der Waals surface area contributed by atoms with Crippen LogP contribution in [0.1, 0.15) is 63.0 Å². The van der Waals surface area contributed by atoms with Gasteiger partial charge in [0.05, 0.1) is 18.1 Å². The van der Waals surface area contributed by atoms with Crippen LogP contribution in [0.4, 0.5) is 0 Å². The molecule has 0 aliphatic carbocycles. The summed E-state index contributed by atoms with van der Waals surface area (Å²) in [6.45, 7) is 2.99. The lowest BCUT2D eigenvalue weighted by Crippen LogP contribution is -2.41. The van der Waals surface area contributed by atoms with E-state index in [1.165, 1.54) is 44.1 Å². The van der Waals surface area contributed by atoms with Crippen LogP contribution in [0.5, 0.6) is 23.0 Å². The number of benzene rings is 2. The van der Waals surface area contributed by atoms with Gasteiger partial charge in [-0.25, -0.2) is 0 Å². The monoisotopic (exact) mass is 436 g/mol. The summed E-state index contributed by atoms with van der Waals surface area (Å²) in [4.78, 5) is 0. The maximum atomic E-state index is 10.8. The third kappa shape index (κ3) is 4.21. The standard InChI is InChI=1S/C27H33NO4/c1-3-4-5-6-7-8-9-10-20-19-11-12-25(32-2)27(31)22(19)17-28-14-13-18-15-23(29)24(30)16-21(18)26(20)28/h11-12,15-17H,3-10,13-14H2,1-2H3,(H2,29,30,31)/p+1. The molecule has 170 valence electrons. The summed E-state index contributed by atoms with van der Waals surface area (Å²) >= 11 is 0. The van der Waals surface area contributed by atoms with Gasteiger partial charge in [-0.05, 0) is 42.7 Å². The zero-order chi connectivity index (χ0) is 22.7. The number of aromatic nitrogens is 1. The number of phenols is 3. The maximum absolute atomic E-state index is 10.8. The van der Waals surface area contributed by atoms with Crippen LogP contribution in [0, 0.1) is 0 Å². The van der Waals surface area contributed by atoms with Crippen molar-refractivity contribution in [3.8, 4) is 34.3 Å². The molecule has 0 unspecified atom stereocenters. The molecule has 3 N–H and O–H groups in total. The Labute approximate surface area is 189 Å². The van der Waals surface area contributed by atoms with Crippen molar-refractivity contribution in [3.63, 3.8) is 0 Å². The molecule has 0 radical (unpaired) electrons. The number of unbranched alkanes of at least 4 members (excludes halogenated alkanes) is 6. The summed E-state index contributed by atoms with van der Waals surface area (Å²) in [6, 6.07) is 7.21. The fraction of sp³-hybridized carbons (Fsp3) is 0.444. The summed E-state index contributed by atoms with van der Waals surface area (Å²) in [5.41, 5.74) is 4.25. The predicted octanol–water partition coefficient (Wildman–Crippen LogP) is 5.77. The van der Waals surface area contributed by atoms with Crippen molar-refractivity contribution in [2.45, 2.75) is 71.3 Å². The molecule has 1 aliphatic heterocycles. The van der Waals surface area contributed by atoms with Gasteiger partial charge in [-0.15, -0.1) is 0 Å². The van der Waals surface area contributed by atoms with Gasteiger partial charge < -0.3 is 20.1 Å². The third-order valence-corrected chi connectivity index (χ3v) is 6.69. The molecule has 0 spiro atoms. The van der Waals surface area contributed by atoms with E-state index in [2.05, 4.69) is 11.5 Å². The van der Waals surface area contributed by atoms with Crippen LogP contribution in [0.2, 0.25) is 0 Å². The average molecular weight is 437 g/mol. The first-order valence-corrected chi connectivity index (χ1v) is 11.8. The van der Waals surface area contributed by atoms with Crippen LogP contribution in [0.15, 0.2) is 30.5 Å². The quantitative estimate of drug-likeness (QED) is 0.226. The Bertz CT molecular complexity index is 1120. The predicted molar refractivity (Wildman–Crippen MR) is 127 cm³/mol. The summed E-state index contributed by atoms with van der Waals surface area (Å²) < 4.78 is 7.52. The van der Waals surface area contributed by atoms with Gasteiger partial charge >= 0.3 is 0 Å². The van der Waals surface area contributed by atoms with Crippen LogP contribution in [-0.4, -0.2) is 22.4 Å². The molecule has 5 heteroatoms. The minimum atomic E-state index is -0.100. The van der Waals surface area contributed by atoms with E-state index in [-0.39, 0.29) is 17.2 Å². The van der Waals surface area contributed by atoms with E-state index in [4.69, 9.17) is 4.74 Å². The normalized spacial score (nSPS) is 12.6. The van der Waals surface area contributed by atoms with Gasteiger partial charge in [0.25, 0.3) is 0 Å². The number of aryl methyl sites for hydroxylation is 3. The highest BCUT2D eigenvalue weighted by Crippen LogP contribution is 2.42. The molecule has 0 amide bonds. The molecule has 0 atom stereocenters. The molecule has 0 bridgehead atoms. The number of hydrogen-bond donors (Lipinski definition) is 3. The molecule has 0 saturated carbocycles. The van der Waals surface area contributed by atoms with Gasteiger partial charge in [0, 0.05) is 17.4 Å². The van der Waals surface area contributed by atoms with Crippen molar-refractivity contribution in [3.05, 3.63) is 41.6 Å². The Morgan fingerprint density at radius 3 is 2.38 bits per heavy atom. The van der Waals surface area contributed by atoms with Crippen molar-refractivity contribution in [1.82, 2.24) is 0 Å². The lowest BCUT2D eigenvalue weighted by atomic mass is 9.89. The van der Waals surface area contributed by atoms with E-state index >= 15 is 0 Å². The smallest absolute Gasteiger partial charge is 0.216 e. The highest BCUT2D eigenvalue weighted by atomic mass is 16.5. The Balaban J connectivity index is 1.76. The van der Waals surface area contributed by atoms with Crippen molar-refractivity contribution in [1.29, 1.82) is 0 Å². The van der Waals surface area contributed by atoms with E-state index in [1.807, 2.05) is 18.3 Å². The second-order valence-corrected chi connectivity index (χ2v) is 8.85. The van der Waals surface area contributed by atoms with Crippen LogP contribution in [0.3, 0.4) is 0 Å². The first kappa shape index (κ1) is 22.3. The molecular formula is C27H34NO4+. The Hall–Kier alpha value is -2.95. The second-order valence-electron chi connectivity index (χ2n) is 8.85. The third-order valence-electron chi connectivity index (χ3n) is 6.69. The zero-order valence-corrected chi connectivity index (χ0v) is 19.2. The first-order valence-electron chi connectivity index (χ1n) is 11.8. The highest BCUT2D eigenvalue weighted by Gasteiger charge is 2.30. The second kappa shape index (κ2) is 9.68.